The number of rotatable bonds is 6. The van der Waals surface area contributed by atoms with Crippen LogP contribution in [0.4, 0.5) is 0 Å². The van der Waals surface area contributed by atoms with E-state index in [1.54, 1.807) is 30.3 Å². The molecule has 2 aliphatic rings. The molecule has 2 aliphatic heterocycles. The Morgan fingerprint density at radius 3 is 2.27 bits per heavy atom. The standard InChI is InChI=1S/C24H31N3O4S2/c1-18-7-9-20(10-8-18)33(30,31)27-15-11-19(12-16-27)22(24(29)26-13-3-2-4-14-26)25-23(28)21-6-5-17-32-21/h5-10,17,19,22H,2-4,11-16H2,1H3,(H,25,28)/t22-/m1/s1. The maximum atomic E-state index is 13.4. The van der Waals surface area contributed by atoms with Crippen LogP contribution in [-0.4, -0.2) is 61.7 Å². The number of nitrogens with one attached hydrogen (secondary N) is 1. The molecule has 9 heteroatoms. The molecular formula is C24H31N3O4S2. The number of piperidine rings is 2. The average molecular weight is 490 g/mol. The molecule has 1 aromatic heterocycles. The third-order valence-corrected chi connectivity index (χ3v) is 9.38. The van der Waals surface area contributed by atoms with Gasteiger partial charge in [-0.25, -0.2) is 8.42 Å². The minimum absolute atomic E-state index is 0.0422. The molecule has 1 N–H and O–H groups in total. The SMILES string of the molecule is Cc1ccc(S(=O)(=O)N2CCC([C@@H](NC(=O)c3cccs3)C(=O)N3CCCCC3)CC2)cc1. The van der Waals surface area contributed by atoms with Crippen LogP contribution in [0.2, 0.25) is 0 Å². The van der Waals surface area contributed by atoms with Crippen molar-refractivity contribution < 1.29 is 18.0 Å². The van der Waals surface area contributed by atoms with E-state index < -0.39 is 16.1 Å². The van der Waals surface area contributed by atoms with Crippen molar-refractivity contribution in [3.8, 4) is 0 Å². The fraction of sp³-hybridized carbons (Fsp3) is 0.500. The Hall–Kier alpha value is -2.23. The van der Waals surface area contributed by atoms with Crippen LogP contribution in [0.1, 0.15) is 47.3 Å². The zero-order valence-corrected chi connectivity index (χ0v) is 20.5. The number of carbonyl (C=O) groups excluding carboxylic acids is 2. The van der Waals surface area contributed by atoms with E-state index in [1.807, 2.05) is 23.3 Å². The van der Waals surface area contributed by atoms with E-state index in [4.69, 9.17) is 0 Å². The molecular weight excluding hydrogens is 458 g/mol. The van der Waals surface area contributed by atoms with Crippen molar-refractivity contribution in [3.05, 3.63) is 52.2 Å². The van der Waals surface area contributed by atoms with E-state index in [2.05, 4.69) is 5.32 Å². The molecule has 178 valence electrons. The fourth-order valence-electron chi connectivity index (χ4n) is 4.62. The van der Waals surface area contributed by atoms with Gasteiger partial charge in [-0.3, -0.25) is 9.59 Å². The zero-order valence-electron chi connectivity index (χ0n) is 18.9. The van der Waals surface area contributed by atoms with Crippen molar-refractivity contribution in [3.63, 3.8) is 0 Å². The predicted octanol–water partition coefficient (Wildman–Crippen LogP) is 3.27. The van der Waals surface area contributed by atoms with E-state index >= 15 is 0 Å². The van der Waals surface area contributed by atoms with E-state index in [-0.39, 0.29) is 17.7 Å². The van der Waals surface area contributed by atoms with Crippen molar-refractivity contribution in [2.75, 3.05) is 26.2 Å². The predicted molar refractivity (Wildman–Crippen MR) is 129 cm³/mol. The summed E-state index contributed by atoms with van der Waals surface area (Å²) in [4.78, 5) is 28.9. The lowest BCUT2D eigenvalue weighted by molar-refractivity contribution is -0.135. The van der Waals surface area contributed by atoms with Crippen LogP contribution >= 0.6 is 11.3 Å². The van der Waals surface area contributed by atoms with Gasteiger partial charge in [0.1, 0.15) is 6.04 Å². The quantitative estimate of drug-likeness (QED) is 0.675. The van der Waals surface area contributed by atoms with Gasteiger partial charge in [0, 0.05) is 26.2 Å². The first-order chi connectivity index (χ1) is 15.9. The monoisotopic (exact) mass is 489 g/mol. The Morgan fingerprint density at radius 1 is 1.00 bits per heavy atom. The molecule has 0 unspecified atom stereocenters. The first-order valence-electron chi connectivity index (χ1n) is 11.6. The van der Waals surface area contributed by atoms with Crippen molar-refractivity contribution in [1.29, 1.82) is 0 Å². The Balaban J connectivity index is 1.47. The first-order valence-corrected chi connectivity index (χ1v) is 13.9. The van der Waals surface area contributed by atoms with E-state index in [1.165, 1.54) is 15.6 Å². The number of carbonyl (C=O) groups is 2. The Morgan fingerprint density at radius 2 is 1.67 bits per heavy atom. The highest BCUT2D eigenvalue weighted by atomic mass is 32.2. The number of likely N-dealkylation sites (tertiary alicyclic amines) is 1. The first kappa shape index (κ1) is 23.9. The average Bonchev–Trinajstić information content (AvgIpc) is 3.38. The van der Waals surface area contributed by atoms with Gasteiger partial charge < -0.3 is 10.2 Å². The Kier molecular flexibility index (Phi) is 7.51. The summed E-state index contributed by atoms with van der Waals surface area (Å²) in [7, 11) is -3.57. The molecule has 0 aliphatic carbocycles. The zero-order chi connectivity index (χ0) is 23.4. The van der Waals surface area contributed by atoms with Crippen molar-refractivity contribution in [1.82, 2.24) is 14.5 Å². The van der Waals surface area contributed by atoms with Gasteiger partial charge in [0.2, 0.25) is 15.9 Å². The number of hydrogen-bond acceptors (Lipinski definition) is 5. The van der Waals surface area contributed by atoms with Crippen LogP contribution in [0.3, 0.4) is 0 Å². The minimum atomic E-state index is -3.57. The molecule has 0 bridgehead atoms. The maximum absolute atomic E-state index is 13.4. The highest BCUT2D eigenvalue weighted by Crippen LogP contribution is 2.28. The lowest BCUT2D eigenvalue weighted by atomic mass is 9.88. The van der Waals surface area contributed by atoms with Crippen LogP contribution in [0.5, 0.6) is 0 Å². The molecule has 0 radical (unpaired) electrons. The molecule has 7 nitrogen and oxygen atoms in total. The summed E-state index contributed by atoms with van der Waals surface area (Å²) in [6, 6.07) is 9.80. The lowest BCUT2D eigenvalue weighted by Gasteiger charge is -2.38. The topological polar surface area (TPSA) is 86.8 Å². The maximum Gasteiger partial charge on any atom is 0.262 e. The van der Waals surface area contributed by atoms with Crippen molar-refractivity contribution in [2.45, 2.75) is 50.0 Å². The number of benzene rings is 1. The summed E-state index contributed by atoms with van der Waals surface area (Å²) in [5.74, 6) is -0.387. The molecule has 2 amide bonds. The van der Waals surface area contributed by atoms with Crippen LogP contribution in [-0.2, 0) is 14.8 Å². The highest BCUT2D eigenvalue weighted by molar-refractivity contribution is 7.89. The van der Waals surface area contributed by atoms with Crippen LogP contribution < -0.4 is 5.32 Å². The van der Waals surface area contributed by atoms with Gasteiger partial charge in [0.05, 0.1) is 9.77 Å². The van der Waals surface area contributed by atoms with Gasteiger partial charge >= 0.3 is 0 Å². The number of hydrogen-bond donors (Lipinski definition) is 1. The molecule has 4 rings (SSSR count). The Labute approximate surface area is 199 Å². The fourth-order valence-corrected chi connectivity index (χ4v) is 6.72. The summed E-state index contributed by atoms with van der Waals surface area (Å²) >= 11 is 1.34. The molecule has 0 spiro atoms. The number of sulfonamides is 1. The highest BCUT2D eigenvalue weighted by Gasteiger charge is 2.38. The second-order valence-corrected chi connectivity index (χ2v) is 11.8. The smallest absolute Gasteiger partial charge is 0.262 e. The summed E-state index contributed by atoms with van der Waals surface area (Å²) in [5, 5.41) is 4.83. The molecule has 33 heavy (non-hydrogen) atoms. The third kappa shape index (κ3) is 5.47. The van der Waals surface area contributed by atoms with Gasteiger partial charge in [-0.2, -0.15) is 4.31 Å². The minimum Gasteiger partial charge on any atom is -0.341 e. The summed E-state index contributed by atoms with van der Waals surface area (Å²) in [5.41, 5.74) is 1.01. The molecule has 0 saturated carbocycles. The third-order valence-electron chi connectivity index (χ3n) is 6.59. The number of aryl methyl sites for hydroxylation is 1. The van der Waals surface area contributed by atoms with Gasteiger partial charge in [-0.05, 0) is 68.5 Å². The largest absolute Gasteiger partial charge is 0.341 e. The second-order valence-electron chi connectivity index (χ2n) is 8.87. The van der Waals surface area contributed by atoms with E-state index in [0.717, 1.165) is 24.8 Å². The number of nitrogens with zero attached hydrogens (tertiary/aromatic N) is 2. The van der Waals surface area contributed by atoms with Crippen molar-refractivity contribution >= 4 is 33.2 Å². The molecule has 1 aromatic carbocycles. The van der Waals surface area contributed by atoms with E-state index in [9.17, 15) is 18.0 Å². The van der Waals surface area contributed by atoms with Gasteiger partial charge in [0.25, 0.3) is 5.91 Å². The lowest BCUT2D eigenvalue weighted by Crippen LogP contribution is -2.55. The second kappa shape index (κ2) is 10.4. The van der Waals surface area contributed by atoms with Crippen LogP contribution in [0, 0.1) is 12.8 Å². The Bertz CT molecular complexity index is 1050. The summed E-state index contributed by atoms with van der Waals surface area (Å²) in [6.45, 7) is 4.01. The summed E-state index contributed by atoms with van der Waals surface area (Å²) < 4.78 is 27.6. The summed E-state index contributed by atoms with van der Waals surface area (Å²) in [6.07, 6.45) is 4.13. The van der Waals surface area contributed by atoms with Gasteiger partial charge in [-0.1, -0.05) is 23.8 Å². The van der Waals surface area contributed by atoms with Crippen molar-refractivity contribution in [2.24, 2.45) is 5.92 Å². The number of amides is 2. The van der Waals surface area contributed by atoms with Gasteiger partial charge in [0.15, 0.2) is 0 Å². The van der Waals surface area contributed by atoms with Gasteiger partial charge in [-0.15, -0.1) is 11.3 Å². The molecule has 1 atom stereocenters. The van der Waals surface area contributed by atoms with Crippen LogP contribution in [0.25, 0.3) is 0 Å². The molecule has 2 aromatic rings. The molecule has 3 heterocycles. The normalized spacial score (nSPS) is 19.2. The molecule has 2 saturated heterocycles. The van der Waals surface area contributed by atoms with Crippen LogP contribution in [0.15, 0.2) is 46.7 Å². The molecule has 2 fully saturated rings. The number of thiophene rings is 1. The van der Waals surface area contributed by atoms with E-state index in [0.29, 0.717) is 48.8 Å².